The van der Waals surface area contributed by atoms with Gasteiger partial charge in [0, 0.05) is 37.9 Å². The largest absolute Gasteiger partial charge is 0.309 e. The highest BCUT2D eigenvalue weighted by Crippen LogP contribution is 2.60. The quantitative estimate of drug-likeness (QED) is 0.161. The van der Waals surface area contributed by atoms with Crippen molar-refractivity contribution in [2.24, 2.45) is 0 Å². The van der Waals surface area contributed by atoms with E-state index >= 15 is 4.57 Å². The first kappa shape index (κ1) is 38.5. The molecule has 0 N–H and O–H groups in total. The zero-order chi connectivity index (χ0) is 43.4. The summed E-state index contributed by atoms with van der Waals surface area (Å²) in [5.41, 5.74) is 17.5. The molecular formula is C60H47N2OP. The van der Waals surface area contributed by atoms with Crippen LogP contribution in [-0.4, -0.2) is 0 Å². The third kappa shape index (κ3) is 5.31. The van der Waals surface area contributed by atoms with Gasteiger partial charge in [-0.3, -0.25) is 0 Å². The highest BCUT2D eigenvalue weighted by atomic mass is 31.2. The van der Waals surface area contributed by atoms with Gasteiger partial charge in [-0.25, -0.2) is 0 Å². The standard InChI is InChI=1S/C60H47N2OP/c1-59(2)47-30-10-16-36-53(47)61(54-37-17-11-31-48(54)59)51-34-14-8-24-41(51)43-26-20-28-45-46-29-21-27-44(58(46)64(63,57(43)45)40-22-6-5-7-23-40)42-25-9-15-35-52(42)62-55-38-18-12-32-49(55)60(3,4)50-33-13-19-39-56(50)62/h5-39H,1-4H3. The highest BCUT2D eigenvalue weighted by Gasteiger charge is 2.46. The Morgan fingerprint density at radius 1 is 0.297 bits per heavy atom. The van der Waals surface area contributed by atoms with Crippen molar-refractivity contribution >= 4 is 57.2 Å². The van der Waals surface area contributed by atoms with Crippen molar-refractivity contribution in [1.82, 2.24) is 0 Å². The number of fused-ring (bicyclic) bond motifs is 7. The molecule has 9 aromatic carbocycles. The van der Waals surface area contributed by atoms with E-state index in [1.165, 1.54) is 22.3 Å². The Morgan fingerprint density at radius 2 is 0.562 bits per heavy atom. The van der Waals surface area contributed by atoms with Gasteiger partial charge < -0.3 is 14.4 Å². The second kappa shape index (κ2) is 14.2. The molecule has 3 nitrogen and oxygen atoms in total. The Bertz CT molecular complexity index is 3100. The van der Waals surface area contributed by atoms with Gasteiger partial charge in [-0.1, -0.05) is 204 Å². The maximum atomic E-state index is 17.4. The zero-order valence-electron chi connectivity index (χ0n) is 36.5. The van der Waals surface area contributed by atoms with Crippen LogP contribution >= 0.6 is 7.14 Å². The molecule has 0 bridgehead atoms. The molecule has 9 aromatic rings. The van der Waals surface area contributed by atoms with Crippen molar-refractivity contribution in [2.75, 3.05) is 9.80 Å². The minimum atomic E-state index is -3.57. The molecule has 0 spiro atoms. The van der Waals surface area contributed by atoms with Crippen molar-refractivity contribution < 1.29 is 4.57 Å². The smallest absolute Gasteiger partial charge is 0.173 e. The summed E-state index contributed by atoms with van der Waals surface area (Å²) in [6.45, 7) is 9.30. The van der Waals surface area contributed by atoms with Gasteiger partial charge in [0.15, 0.2) is 7.14 Å². The van der Waals surface area contributed by atoms with Crippen molar-refractivity contribution in [3.8, 4) is 33.4 Å². The lowest BCUT2D eigenvalue weighted by Gasteiger charge is -2.42. The average Bonchev–Trinajstić information content (AvgIpc) is 3.61. The summed E-state index contributed by atoms with van der Waals surface area (Å²) in [4.78, 5) is 4.86. The topological polar surface area (TPSA) is 23.6 Å². The number of para-hydroxylation sites is 6. The molecule has 3 aliphatic heterocycles. The zero-order valence-corrected chi connectivity index (χ0v) is 37.4. The van der Waals surface area contributed by atoms with Gasteiger partial charge in [-0.2, -0.15) is 0 Å². The lowest BCUT2D eigenvalue weighted by molar-refractivity contribution is 0.593. The molecule has 3 aliphatic rings. The van der Waals surface area contributed by atoms with Gasteiger partial charge >= 0.3 is 0 Å². The number of benzene rings is 9. The third-order valence-electron chi connectivity index (χ3n) is 14.3. The molecule has 0 aromatic heterocycles. The molecule has 0 saturated heterocycles. The van der Waals surface area contributed by atoms with Crippen LogP contribution in [-0.2, 0) is 15.4 Å². The fourth-order valence-corrected chi connectivity index (χ4v) is 14.8. The Hall–Kier alpha value is -7.19. The molecular weight excluding hydrogens is 796 g/mol. The number of hydrogen-bond acceptors (Lipinski definition) is 3. The van der Waals surface area contributed by atoms with E-state index in [-0.39, 0.29) is 10.8 Å². The molecule has 0 aliphatic carbocycles. The normalized spacial score (nSPS) is 15.6. The van der Waals surface area contributed by atoms with Crippen LogP contribution in [0.4, 0.5) is 34.1 Å². The second-order valence-corrected chi connectivity index (χ2v) is 21.0. The Morgan fingerprint density at radius 3 is 0.922 bits per heavy atom. The van der Waals surface area contributed by atoms with Gasteiger partial charge in [0.05, 0.1) is 34.1 Å². The summed E-state index contributed by atoms with van der Waals surface area (Å²) >= 11 is 0. The maximum absolute atomic E-state index is 17.4. The van der Waals surface area contributed by atoms with Crippen LogP contribution in [0.5, 0.6) is 0 Å². The number of anilines is 6. The van der Waals surface area contributed by atoms with Crippen molar-refractivity contribution in [1.29, 1.82) is 0 Å². The van der Waals surface area contributed by atoms with Crippen molar-refractivity contribution in [3.63, 3.8) is 0 Å². The molecule has 12 rings (SSSR count). The fourth-order valence-electron chi connectivity index (χ4n) is 11.3. The maximum Gasteiger partial charge on any atom is 0.173 e. The van der Waals surface area contributed by atoms with Crippen LogP contribution in [0.3, 0.4) is 0 Å². The van der Waals surface area contributed by atoms with Gasteiger partial charge in [0.2, 0.25) is 0 Å². The molecule has 0 atom stereocenters. The Labute approximate surface area is 376 Å². The number of rotatable bonds is 5. The van der Waals surface area contributed by atoms with E-state index in [1.54, 1.807) is 0 Å². The van der Waals surface area contributed by atoms with Crippen LogP contribution < -0.4 is 25.7 Å². The van der Waals surface area contributed by atoms with E-state index in [0.29, 0.717) is 0 Å². The van der Waals surface area contributed by atoms with Crippen LogP contribution in [0.15, 0.2) is 212 Å². The van der Waals surface area contributed by atoms with E-state index in [2.05, 4.69) is 232 Å². The number of nitrogens with zero attached hydrogens (tertiary/aromatic N) is 2. The molecule has 308 valence electrons. The van der Waals surface area contributed by atoms with Crippen LogP contribution in [0, 0.1) is 0 Å². The molecule has 0 unspecified atom stereocenters. The Kier molecular flexibility index (Phi) is 8.51. The van der Waals surface area contributed by atoms with Crippen LogP contribution in [0.25, 0.3) is 33.4 Å². The average molecular weight is 843 g/mol. The van der Waals surface area contributed by atoms with Gasteiger partial charge in [-0.15, -0.1) is 0 Å². The highest BCUT2D eigenvalue weighted by molar-refractivity contribution is 7.87. The summed E-state index contributed by atoms with van der Waals surface area (Å²) in [6.07, 6.45) is 0. The Balaban J connectivity index is 1.11. The monoisotopic (exact) mass is 842 g/mol. The molecule has 0 amide bonds. The summed E-state index contributed by atoms with van der Waals surface area (Å²) in [7, 11) is -3.57. The van der Waals surface area contributed by atoms with Crippen molar-refractivity contribution in [2.45, 2.75) is 38.5 Å². The van der Waals surface area contributed by atoms with Gasteiger partial charge in [0.1, 0.15) is 0 Å². The van der Waals surface area contributed by atoms with E-state index in [1.807, 2.05) is 18.2 Å². The van der Waals surface area contributed by atoms with Crippen molar-refractivity contribution in [3.05, 3.63) is 235 Å². The minimum absolute atomic E-state index is 0.196. The van der Waals surface area contributed by atoms with Crippen LogP contribution in [0.1, 0.15) is 49.9 Å². The lowest BCUT2D eigenvalue weighted by atomic mass is 9.73. The molecule has 0 fully saturated rings. The van der Waals surface area contributed by atoms with Gasteiger partial charge in [0.25, 0.3) is 0 Å². The van der Waals surface area contributed by atoms with Crippen LogP contribution in [0.2, 0.25) is 0 Å². The predicted octanol–water partition coefficient (Wildman–Crippen LogP) is 14.9. The SMILES string of the molecule is CC1(C)c2ccccc2N(c2ccccc2-c2cccc3c2P(=O)(c2ccccc2)c2c(-c4ccccc4N4c5ccccc5C(C)(C)c5ccccc54)cccc2-3)c2ccccc21. The van der Waals surface area contributed by atoms with E-state index in [4.69, 9.17) is 0 Å². The predicted molar refractivity (Wildman–Crippen MR) is 269 cm³/mol. The van der Waals surface area contributed by atoms with E-state index in [0.717, 1.165) is 83.4 Å². The molecule has 4 heteroatoms. The summed E-state index contributed by atoms with van der Waals surface area (Å²) in [5, 5.41) is 2.61. The minimum Gasteiger partial charge on any atom is -0.309 e. The third-order valence-corrected chi connectivity index (χ3v) is 17.5. The lowest BCUT2D eigenvalue weighted by Crippen LogP contribution is -2.31. The van der Waals surface area contributed by atoms with E-state index < -0.39 is 7.14 Å². The first-order chi connectivity index (χ1) is 31.2. The number of hydrogen-bond donors (Lipinski definition) is 0. The summed E-state index contributed by atoms with van der Waals surface area (Å²) in [6, 6.07) is 75.9. The van der Waals surface area contributed by atoms with Gasteiger partial charge in [-0.05, 0) is 80.9 Å². The molecule has 64 heavy (non-hydrogen) atoms. The van der Waals surface area contributed by atoms with E-state index in [9.17, 15) is 0 Å². The molecule has 0 radical (unpaired) electrons. The first-order valence-electron chi connectivity index (χ1n) is 22.3. The second-order valence-electron chi connectivity index (χ2n) is 18.4. The fraction of sp³-hybridized carbons (Fsp3) is 0.100. The first-order valence-corrected chi connectivity index (χ1v) is 24.0. The summed E-state index contributed by atoms with van der Waals surface area (Å²) in [5.74, 6) is 0. The molecule has 3 heterocycles. The molecule has 0 saturated carbocycles. The summed E-state index contributed by atoms with van der Waals surface area (Å²) < 4.78 is 17.4.